The molecule has 0 radical (unpaired) electrons. The van der Waals surface area contributed by atoms with Gasteiger partial charge in [0.25, 0.3) is 5.91 Å². The number of hydrogen-bond donors (Lipinski definition) is 1. The molecule has 0 saturated heterocycles. The molecule has 1 aliphatic rings. The highest BCUT2D eigenvalue weighted by molar-refractivity contribution is 7.99. The Balaban J connectivity index is 1.77. The maximum atomic E-state index is 12.2. The highest BCUT2D eigenvalue weighted by Gasteiger charge is 2.29. The number of nitrogens with zero attached hydrogens (tertiary/aromatic N) is 1. The zero-order chi connectivity index (χ0) is 15.2. The van der Waals surface area contributed by atoms with Crippen LogP contribution in [0.4, 0.5) is 0 Å². The fourth-order valence-electron chi connectivity index (χ4n) is 2.64. The number of carbonyl (C=O) groups is 2. The average Bonchev–Trinajstić information content (AvgIpc) is 3.15. The summed E-state index contributed by atoms with van der Waals surface area (Å²) in [5.74, 6) is 0.945. The molecule has 0 bridgehead atoms. The van der Waals surface area contributed by atoms with Gasteiger partial charge in [0.05, 0.1) is 6.54 Å². The van der Waals surface area contributed by atoms with Crippen molar-refractivity contribution in [2.45, 2.75) is 37.5 Å². The standard InChI is InChI=1S/C15H22N2O2S2/c1-3-21-13-5-4-12(8-13)17(2)14(18)9-16-15(19)11-6-7-20-10-11/h6-7,10,12-13H,3-5,8-9H2,1-2H3,(H,16,19)/t12-,13+/m0/s1. The third-order valence-electron chi connectivity index (χ3n) is 3.88. The Morgan fingerprint density at radius 2 is 2.29 bits per heavy atom. The monoisotopic (exact) mass is 326 g/mol. The van der Waals surface area contributed by atoms with E-state index in [-0.39, 0.29) is 18.4 Å². The first-order chi connectivity index (χ1) is 10.1. The van der Waals surface area contributed by atoms with E-state index in [0.29, 0.717) is 16.9 Å². The molecule has 4 nitrogen and oxygen atoms in total. The van der Waals surface area contributed by atoms with Crippen molar-refractivity contribution in [3.05, 3.63) is 22.4 Å². The van der Waals surface area contributed by atoms with Crippen molar-refractivity contribution in [3.63, 3.8) is 0 Å². The van der Waals surface area contributed by atoms with E-state index in [9.17, 15) is 9.59 Å². The predicted molar refractivity (Wildman–Crippen MR) is 89.0 cm³/mol. The molecule has 0 spiro atoms. The lowest BCUT2D eigenvalue weighted by Crippen LogP contribution is -2.42. The Morgan fingerprint density at radius 3 is 2.95 bits per heavy atom. The molecule has 2 atom stereocenters. The lowest BCUT2D eigenvalue weighted by atomic mass is 10.2. The van der Waals surface area contributed by atoms with Gasteiger partial charge in [-0.05, 0) is 36.5 Å². The molecular formula is C15H22N2O2S2. The first kappa shape index (κ1) is 16.4. The summed E-state index contributed by atoms with van der Waals surface area (Å²) in [5, 5.41) is 7.01. The van der Waals surface area contributed by atoms with E-state index < -0.39 is 0 Å². The van der Waals surface area contributed by atoms with Crippen LogP contribution in [0.25, 0.3) is 0 Å². The van der Waals surface area contributed by atoms with Crippen LogP contribution < -0.4 is 5.32 Å². The fraction of sp³-hybridized carbons (Fsp3) is 0.600. The van der Waals surface area contributed by atoms with Gasteiger partial charge in [-0.15, -0.1) is 0 Å². The highest BCUT2D eigenvalue weighted by Crippen LogP contribution is 2.32. The molecule has 2 amide bonds. The SMILES string of the molecule is CCS[C@@H]1CC[C@H](N(C)C(=O)CNC(=O)c2ccsc2)C1. The second kappa shape index (κ2) is 7.84. The first-order valence-corrected chi connectivity index (χ1v) is 9.28. The van der Waals surface area contributed by atoms with Gasteiger partial charge in [-0.2, -0.15) is 23.1 Å². The summed E-state index contributed by atoms with van der Waals surface area (Å²) in [5.41, 5.74) is 0.621. The van der Waals surface area contributed by atoms with Crippen LogP contribution in [0.5, 0.6) is 0 Å². The van der Waals surface area contributed by atoms with Gasteiger partial charge in [-0.1, -0.05) is 6.92 Å². The number of thiophene rings is 1. The maximum absolute atomic E-state index is 12.2. The second-order valence-electron chi connectivity index (χ2n) is 5.24. The van der Waals surface area contributed by atoms with E-state index in [1.807, 2.05) is 29.1 Å². The summed E-state index contributed by atoms with van der Waals surface area (Å²) < 4.78 is 0. The van der Waals surface area contributed by atoms with Crippen molar-refractivity contribution in [2.75, 3.05) is 19.3 Å². The van der Waals surface area contributed by atoms with Crippen molar-refractivity contribution in [1.82, 2.24) is 10.2 Å². The summed E-state index contributed by atoms with van der Waals surface area (Å²) >= 11 is 3.46. The molecular weight excluding hydrogens is 304 g/mol. The smallest absolute Gasteiger partial charge is 0.252 e. The van der Waals surface area contributed by atoms with E-state index in [1.54, 1.807) is 11.4 Å². The number of hydrogen-bond acceptors (Lipinski definition) is 4. The number of thioether (sulfide) groups is 1. The Labute approximate surface area is 134 Å². The van der Waals surface area contributed by atoms with Crippen LogP contribution in [-0.4, -0.2) is 47.4 Å². The topological polar surface area (TPSA) is 49.4 Å². The van der Waals surface area contributed by atoms with Gasteiger partial charge in [-0.3, -0.25) is 9.59 Å². The molecule has 1 fully saturated rings. The van der Waals surface area contributed by atoms with Crippen molar-refractivity contribution in [3.8, 4) is 0 Å². The first-order valence-electron chi connectivity index (χ1n) is 7.29. The minimum absolute atomic E-state index is 0.00859. The quantitative estimate of drug-likeness (QED) is 0.874. The fourth-order valence-corrected chi connectivity index (χ4v) is 4.40. The molecule has 21 heavy (non-hydrogen) atoms. The minimum atomic E-state index is -0.177. The van der Waals surface area contributed by atoms with Crippen molar-refractivity contribution in [2.24, 2.45) is 0 Å². The lowest BCUT2D eigenvalue weighted by molar-refractivity contribution is -0.130. The predicted octanol–water partition coefficient (Wildman–Crippen LogP) is 2.61. The number of carbonyl (C=O) groups excluding carboxylic acids is 2. The molecule has 0 unspecified atom stereocenters. The summed E-state index contributed by atoms with van der Waals surface area (Å²) in [6.45, 7) is 2.25. The van der Waals surface area contributed by atoms with E-state index in [2.05, 4.69) is 12.2 Å². The van der Waals surface area contributed by atoms with Gasteiger partial charge in [0.15, 0.2) is 0 Å². The molecule has 116 valence electrons. The molecule has 6 heteroatoms. The lowest BCUT2D eigenvalue weighted by Gasteiger charge is -2.24. The highest BCUT2D eigenvalue weighted by atomic mass is 32.2. The molecule has 2 rings (SSSR count). The molecule has 1 aromatic heterocycles. The van der Waals surface area contributed by atoms with Crippen LogP contribution in [0.3, 0.4) is 0 Å². The Kier molecular flexibility index (Phi) is 6.11. The number of likely N-dealkylation sites (N-methyl/N-ethyl adjacent to an activating group) is 1. The largest absolute Gasteiger partial charge is 0.343 e. The Bertz CT molecular complexity index is 476. The van der Waals surface area contributed by atoms with Crippen molar-refractivity contribution < 1.29 is 9.59 Å². The van der Waals surface area contributed by atoms with E-state index >= 15 is 0 Å². The van der Waals surface area contributed by atoms with Gasteiger partial charge >= 0.3 is 0 Å². The van der Waals surface area contributed by atoms with Crippen LogP contribution in [0.15, 0.2) is 16.8 Å². The van der Waals surface area contributed by atoms with Gasteiger partial charge in [0, 0.05) is 29.3 Å². The summed E-state index contributed by atoms with van der Waals surface area (Å²) in [4.78, 5) is 25.8. The molecule has 1 N–H and O–H groups in total. The van der Waals surface area contributed by atoms with Gasteiger partial charge in [0.1, 0.15) is 0 Å². The van der Waals surface area contributed by atoms with Gasteiger partial charge in [-0.25, -0.2) is 0 Å². The zero-order valence-electron chi connectivity index (χ0n) is 12.5. The molecule has 1 heterocycles. The average molecular weight is 326 g/mol. The third-order valence-corrected chi connectivity index (χ3v) is 5.80. The van der Waals surface area contributed by atoms with Gasteiger partial charge < -0.3 is 10.2 Å². The van der Waals surface area contributed by atoms with Crippen LogP contribution in [0, 0.1) is 0 Å². The molecule has 1 aromatic rings. The summed E-state index contributed by atoms with van der Waals surface area (Å²) in [7, 11) is 1.85. The van der Waals surface area contributed by atoms with E-state index in [4.69, 9.17) is 0 Å². The van der Waals surface area contributed by atoms with Crippen LogP contribution >= 0.6 is 23.1 Å². The van der Waals surface area contributed by atoms with E-state index in [1.165, 1.54) is 17.8 Å². The Morgan fingerprint density at radius 1 is 1.48 bits per heavy atom. The normalized spacial score (nSPS) is 21.2. The van der Waals surface area contributed by atoms with Crippen molar-refractivity contribution >= 4 is 34.9 Å². The van der Waals surface area contributed by atoms with Crippen LogP contribution in [-0.2, 0) is 4.79 Å². The summed E-state index contributed by atoms with van der Waals surface area (Å²) in [6.07, 6.45) is 3.32. The number of nitrogens with one attached hydrogen (secondary N) is 1. The van der Waals surface area contributed by atoms with Crippen molar-refractivity contribution in [1.29, 1.82) is 0 Å². The molecule has 1 saturated carbocycles. The zero-order valence-corrected chi connectivity index (χ0v) is 14.1. The third kappa shape index (κ3) is 4.48. The number of rotatable bonds is 6. The minimum Gasteiger partial charge on any atom is -0.343 e. The maximum Gasteiger partial charge on any atom is 0.252 e. The van der Waals surface area contributed by atoms with E-state index in [0.717, 1.165) is 18.6 Å². The molecule has 0 aromatic carbocycles. The van der Waals surface area contributed by atoms with Crippen LogP contribution in [0.2, 0.25) is 0 Å². The second-order valence-corrected chi connectivity index (χ2v) is 7.60. The van der Waals surface area contributed by atoms with Crippen LogP contribution in [0.1, 0.15) is 36.5 Å². The number of amides is 2. The molecule has 0 aliphatic heterocycles. The Hall–Kier alpha value is -1.01. The van der Waals surface area contributed by atoms with Gasteiger partial charge in [0.2, 0.25) is 5.91 Å². The summed E-state index contributed by atoms with van der Waals surface area (Å²) in [6, 6.07) is 2.08. The molecule has 1 aliphatic carbocycles.